The molecule has 0 aliphatic heterocycles. The van der Waals surface area contributed by atoms with E-state index in [1.807, 2.05) is 36.4 Å². The molecular formula is C11H20INO4. The first-order chi connectivity index (χ1) is 7.88. The Morgan fingerprint density at radius 3 is 2.12 bits per heavy atom. The van der Waals surface area contributed by atoms with Crippen LogP contribution in [0.15, 0.2) is 0 Å². The molecule has 2 unspecified atom stereocenters. The van der Waals surface area contributed by atoms with Crippen molar-refractivity contribution in [2.75, 3.05) is 13.8 Å². The van der Waals surface area contributed by atoms with Gasteiger partial charge in [-0.15, -0.1) is 0 Å². The van der Waals surface area contributed by atoms with Crippen molar-refractivity contribution in [2.45, 2.75) is 37.2 Å². The maximum absolute atomic E-state index is 11.6. The van der Waals surface area contributed by atoms with Gasteiger partial charge in [-0.05, 0) is 26.3 Å². The normalized spacial score (nSPS) is 14.2. The van der Waals surface area contributed by atoms with E-state index in [-0.39, 0.29) is 22.7 Å². The molecule has 0 saturated carbocycles. The second kappa shape index (κ2) is 8.68. The molecule has 5 nitrogen and oxygen atoms in total. The van der Waals surface area contributed by atoms with E-state index in [1.165, 1.54) is 0 Å². The summed E-state index contributed by atoms with van der Waals surface area (Å²) < 4.78 is 9.38. The van der Waals surface area contributed by atoms with E-state index in [2.05, 4.69) is 5.32 Å². The molecule has 2 atom stereocenters. The van der Waals surface area contributed by atoms with E-state index in [0.717, 1.165) is 0 Å². The minimum Gasteiger partial charge on any atom is -0.427 e. The standard InChI is InChI=1S/C11H20INO4/c1-7(2)5-9(13-4)11(15)17-6-16-10(14)8(3)12/h7-9,13H,5-6H2,1-4H3. The molecule has 0 aliphatic rings. The van der Waals surface area contributed by atoms with Crippen LogP contribution in [0.3, 0.4) is 0 Å². The zero-order chi connectivity index (χ0) is 13.4. The summed E-state index contributed by atoms with van der Waals surface area (Å²) in [7, 11) is 1.70. The van der Waals surface area contributed by atoms with Crippen LogP contribution in [0.25, 0.3) is 0 Å². The number of esters is 2. The van der Waals surface area contributed by atoms with Gasteiger partial charge >= 0.3 is 11.9 Å². The first-order valence-corrected chi connectivity index (χ1v) is 6.77. The molecule has 0 rings (SSSR count). The number of hydrogen-bond acceptors (Lipinski definition) is 5. The molecule has 0 aromatic carbocycles. The van der Waals surface area contributed by atoms with Gasteiger partial charge in [0, 0.05) is 0 Å². The van der Waals surface area contributed by atoms with E-state index in [9.17, 15) is 9.59 Å². The molecule has 0 aromatic rings. The van der Waals surface area contributed by atoms with Crippen LogP contribution < -0.4 is 5.32 Å². The summed E-state index contributed by atoms with van der Waals surface area (Å²) in [6.45, 7) is 5.44. The van der Waals surface area contributed by atoms with Gasteiger partial charge in [-0.1, -0.05) is 36.4 Å². The van der Waals surface area contributed by atoms with Gasteiger partial charge in [0.2, 0.25) is 6.79 Å². The molecule has 0 amide bonds. The quantitative estimate of drug-likeness (QED) is 0.324. The fourth-order valence-electron chi connectivity index (χ4n) is 1.16. The molecule has 0 saturated heterocycles. The van der Waals surface area contributed by atoms with Crippen molar-refractivity contribution in [3.05, 3.63) is 0 Å². The molecule has 0 bridgehead atoms. The Morgan fingerprint density at radius 2 is 1.71 bits per heavy atom. The number of ether oxygens (including phenoxy) is 2. The van der Waals surface area contributed by atoms with Crippen molar-refractivity contribution in [3.63, 3.8) is 0 Å². The number of rotatable bonds is 7. The summed E-state index contributed by atoms with van der Waals surface area (Å²) in [6.07, 6.45) is 0.686. The van der Waals surface area contributed by atoms with E-state index in [4.69, 9.17) is 9.47 Å². The zero-order valence-corrected chi connectivity index (χ0v) is 12.8. The lowest BCUT2D eigenvalue weighted by molar-refractivity contribution is -0.168. The molecule has 6 heteroatoms. The first kappa shape index (κ1) is 16.6. The lowest BCUT2D eigenvalue weighted by atomic mass is 10.0. The molecule has 0 aromatic heterocycles. The van der Waals surface area contributed by atoms with Crippen LogP contribution in [0.2, 0.25) is 0 Å². The Kier molecular flexibility index (Phi) is 8.49. The number of carbonyl (C=O) groups excluding carboxylic acids is 2. The Bertz CT molecular complexity index is 256. The third kappa shape index (κ3) is 7.54. The highest BCUT2D eigenvalue weighted by molar-refractivity contribution is 14.1. The molecule has 0 spiro atoms. The van der Waals surface area contributed by atoms with Crippen LogP contribution in [0.4, 0.5) is 0 Å². The predicted molar refractivity (Wildman–Crippen MR) is 72.8 cm³/mol. The lowest BCUT2D eigenvalue weighted by Gasteiger charge is -2.17. The Labute approximate surface area is 116 Å². The zero-order valence-electron chi connectivity index (χ0n) is 10.7. The second-order valence-corrected chi connectivity index (χ2v) is 6.00. The maximum atomic E-state index is 11.6. The van der Waals surface area contributed by atoms with Gasteiger partial charge in [-0.2, -0.15) is 0 Å². The molecule has 17 heavy (non-hydrogen) atoms. The van der Waals surface area contributed by atoms with Crippen molar-refractivity contribution < 1.29 is 19.1 Å². The van der Waals surface area contributed by atoms with Gasteiger partial charge < -0.3 is 14.8 Å². The smallest absolute Gasteiger partial charge is 0.326 e. The van der Waals surface area contributed by atoms with Gasteiger partial charge in [0.25, 0.3) is 0 Å². The third-order valence-corrected chi connectivity index (χ3v) is 2.58. The lowest BCUT2D eigenvalue weighted by Crippen LogP contribution is -2.37. The van der Waals surface area contributed by atoms with Crippen molar-refractivity contribution >= 4 is 34.5 Å². The number of halogens is 1. The largest absolute Gasteiger partial charge is 0.427 e. The molecule has 100 valence electrons. The van der Waals surface area contributed by atoms with Crippen LogP contribution in [0, 0.1) is 5.92 Å². The highest BCUT2D eigenvalue weighted by Crippen LogP contribution is 2.06. The molecule has 0 heterocycles. The Morgan fingerprint density at radius 1 is 1.18 bits per heavy atom. The van der Waals surface area contributed by atoms with Crippen molar-refractivity contribution in [1.29, 1.82) is 0 Å². The maximum Gasteiger partial charge on any atom is 0.326 e. The molecule has 0 radical (unpaired) electrons. The number of carbonyl (C=O) groups is 2. The van der Waals surface area contributed by atoms with Crippen LogP contribution in [-0.2, 0) is 19.1 Å². The SMILES string of the molecule is CNC(CC(C)C)C(=O)OCOC(=O)C(C)I. The van der Waals surface area contributed by atoms with Crippen LogP contribution in [0.1, 0.15) is 27.2 Å². The first-order valence-electron chi connectivity index (χ1n) is 5.53. The van der Waals surface area contributed by atoms with Gasteiger partial charge in [0.05, 0.1) is 0 Å². The Balaban J connectivity index is 3.95. The van der Waals surface area contributed by atoms with Crippen LogP contribution in [0.5, 0.6) is 0 Å². The molecule has 0 aliphatic carbocycles. The predicted octanol–water partition coefficient (Wildman–Crippen LogP) is 1.49. The molecule has 1 N–H and O–H groups in total. The van der Waals surface area contributed by atoms with Crippen molar-refractivity contribution in [3.8, 4) is 0 Å². The van der Waals surface area contributed by atoms with E-state index in [1.54, 1.807) is 14.0 Å². The summed E-state index contributed by atoms with van der Waals surface area (Å²) in [5, 5.41) is 2.88. The number of nitrogens with one attached hydrogen (secondary N) is 1. The number of hydrogen-bond donors (Lipinski definition) is 1. The Hall–Kier alpha value is -0.370. The van der Waals surface area contributed by atoms with Gasteiger partial charge in [0.15, 0.2) is 0 Å². The fraction of sp³-hybridized carbons (Fsp3) is 0.818. The van der Waals surface area contributed by atoms with E-state index < -0.39 is 5.97 Å². The van der Waals surface area contributed by atoms with Crippen molar-refractivity contribution in [2.24, 2.45) is 5.92 Å². The summed E-state index contributed by atoms with van der Waals surface area (Å²) >= 11 is 1.93. The van der Waals surface area contributed by atoms with E-state index >= 15 is 0 Å². The van der Waals surface area contributed by atoms with E-state index in [0.29, 0.717) is 12.3 Å². The summed E-state index contributed by atoms with van der Waals surface area (Å²) in [6, 6.07) is -0.356. The average Bonchev–Trinajstić information content (AvgIpc) is 2.24. The monoisotopic (exact) mass is 357 g/mol. The fourth-order valence-corrected chi connectivity index (χ4v) is 1.34. The summed E-state index contributed by atoms with van der Waals surface area (Å²) in [5.41, 5.74) is 0. The van der Waals surface area contributed by atoms with Gasteiger partial charge in [-0.25, -0.2) is 0 Å². The second-order valence-electron chi connectivity index (χ2n) is 4.13. The van der Waals surface area contributed by atoms with Crippen molar-refractivity contribution in [1.82, 2.24) is 5.32 Å². The highest BCUT2D eigenvalue weighted by Gasteiger charge is 2.20. The van der Waals surface area contributed by atoms with Gasteiger partial charge in [-0.3, -0.25) is 9.59 Å². The summed E-state index contributed by atoms with van der Waals surface area (Å²) in [5.74, 6) is -0.393. The highest BCUT2D eigenvalue weighted by atomic mass is 127. The molecule has 0 fully saturated rings. The van der Waals surface area contributed by atoms with Crippen LogP contribution >= 0.6 is 22.6 Å². The molecular weight excluding hydrogens is 337 g/mol. The summed E-state index contributed by atoms with van der Waals surface area (Å²) in [4.78, 5) is 22.7. The number of likely N-dealkylation sites (N-methyl/N-ethyl adjacent to an activating group) is 1. The average molecular weight is 357 g/mol. The van der Waals surface area contributed by atoms with Gasteiger partial charge in [0.1, 0.15) is 9.97 Å². The van der Waals surface area contributed by atoms with Crippen LogP contribution in [-0.4, -0.2) is 35.7 Å². The minimum atomic E-state index is -0.393. The third-order valence-electron chi connectivity index (χ3n) is 2.07. The minimum absolute atomic E-state index is 0.248. The number of alkyl halides is 1. The topological polar surface area (TPSA) is 64.6 Å².